The summed E-state index contributed by atoms with van der Waals surface area (Å²) in [6.07, 6.45) is 7.64. The van der Waals surface area contributed by atoms with Crippen molar-refractivity contribution in [3.05, 3.63) is 29.8 Å². The third-order valence-electron chi connectivity index (χ3n) is 4.71. The van der Waals surface area contributed by atoms with Gasteiger partial charge < -0.3 is 4.90 Å². The zero-order valence-electron chi connectivity index (χ0n) is 14.4. The Balaban J connectivity index is 1.66. The predicted molar refractivity (Wildman–Crippen MR) is 107 cm³/mol. The van der Waals surface area contributed by atoms with Crippen molar-refractivity contribution in [2.75, 3.05) is 24.2 Å². The van der Waals surface area contributed by atoms with Gasteiger partial charge in [-0.2, -0.15) is 5.10 Å². The topological polar surface area (TPSA) is 59.2 Å². The van der Waals surface area contributed by atoms with Gasteiger partial charge in [-0.3, -0.25) is 0 Å². The van der Waals surface area contributed by atoms with Crippen molar-refractivity contribution >= 4 is 46.6 Å². The first-order valence-electron chi connectivity index (χ1n) is 8.74. The van der Waals surface area contributed by atoms with E-state index in [0.717, 1.165) is 50.8 Å². The van der Waals surface area contributed by atoms with Gasteiger partial charge in [0.15, 0.2) is 10.3 Å². The molecule has 2 aromatic heterocycles. The van der Waals surface area contributed by atoms with Gasteiger partial charge in [0.2, 0.25) is 0 Å². The standard InChI is InChI=1S/C18H18N6S2/c1-25-17-21-15(23-9-5-2-6-10-23)12-11-19-24-14-8-4-3-7-13(14)20-18(24)26-16(12)22-17/h3-4,7-8,11H,2,5-6,9-10H2,1H3. The summed E-state index contributed by atoms with van der Waals surface area (Å²) in [5.41, 5.74) is 2.96. The number of aromatic nitrogens is 4. The smallest absolute Gasteiger partial charge is 0.196 e. The number of fused-ring (bicyclic) bond motifs is 4. The van der Waals surface area contributed by atoms with Gasteiger partial charge in [-0.15, -0.1) is 0 Å². The lowest BCUT2D eigenvalue weighted by Crippen LogP contribution is -2.31. The maximum Gasteiger partial charge on any atom is 0.196 e. The fourth-order valence-corrected chi connectivity index (χ4v) is 4.77. The molecule has 0 radical (unpaired) electrons. The molecule has 1 aromatic carbocycles. The molecule has 0 spiro atoms. The Morgan fingerprint density at radius 2 is 1.88 bits per heavy atom. The van der Waals surface area contributed by atoms with E-state index in [9.17, 15) is 0 Å². The van der Waals surface area contributed by atoms with Gasteiger partial charge in [0.25, 0.3) is 0 Å². The van der Waals surface area contributed by atoms with Crippen LogP contribution in [0.15, 0.2) is 44.7 Å². The number of piperidine rings is 1. The molecule has 3 aromatic rings. The predicted octanol–water partition coefficient (Wildman–Crippen LogP) is 3.89. The molecule has 8 heteroatoms. The molecule has 2 aliphatic heterocycles. The maximum absolute atomic E-state index is 4.82. The Kier molecular flexibility index (Phi) is 4.09. The summed E-state index contributed by atoms with van der Waals surface area (Å²) in [4.78, 5) is 16.7. The normalized spacial score (nSPS) is 16.4. The Morgan fingerprint density at radius 1 is 1.04 bits per heavy atom. The highest BCUT2D eigenvalue weighted by molar-refractivity contribution is 7.99. The quantitative estimate of drug-likeness (QED) is 0.298. The highest BCUT2D eigenvalue weighted by Crippen LogP contribution is 2.37. The summed E-state index contributed by atoms with van der Waals surface area (Å²) in [6, 6.07) is 8.07. The molecular weight excluding hydrogens is 364 g/mol. The largest absolute Gasteiger partial charge is 0.356 e. The molecule has 5 rings (SSSR count). The van der Waals surface area contributed by atoms with Gasteiger partial charge in [-0.25, -0.2) is 19.6 Å². The van der Waals surface area contributed by atoms with Crippen molar-refractivity contribution < 1.29 is 0 Å². The summed E-state index contributed by atoms with van der Waals surface area (Å²) < 4.78 is 1.90. The number of para-hydroxylation sites is 2. The molecule has 0 aliphatic carbocycles. The zero-order chi connectivity index (χ0) is 17.5. The van der Waals surface area contributed by atoms with Crippen LogP contribution in [0.1, 0.15) is 24.8 Å². The van der Waals surface area contributed by atoms with Crippen LogP contribution < -0.4 is 4.90 Å². The first-order valence-corrected chi connectivity index (χ1v) is 10.8. The third-order valence-corrected chi connectivity index (χ3v) is 6.20. The molecule has 1 fully saturated rings. The average Bonchev–Trinajstić information content (AvgIpc) is 2.93. The van der Waals surface area contributed by atoms with Crippen LogP contribution in [0.25, 0.3) is 11.0 Å². The number of benzene rings is 1. The van der Waals surface area contributed by atoms with Gasteiger partial charge in [-0.1, -0.05) is 23.9 Å². The lowest BCUT2D eigenvalue weighted by atomic mass is 10.1. The minimum Gasteiger partial charge on any atom is -0.356 e. The van der Waals surface area contributed by atoms with Gasteiger partial charge in [0.1, 0.15) is 10.8 Å². The zero-order valence-corrected chi connectivity index (χ0v) is 16.1. The summed E-state index contributed by atoms with van der Waals surface area (Å²) in [6.45, 7) is 2.09. The van der Waals surface area contributed by atoms with Gasteiger partial charge in [-0.05, 0) is 49.4 Å². The second kappa shape index (κ2) is 6.59. The van der Waals surface area contributed by atoms with E-state index in [4.69, 9.17) is 20.1 Å². The SMILES string of the molecule is CSc1nc2c(c(N3CCCCC3)n1)C=Nn1c(nc3ccccc31)S2. The van der Waals surface area contributed by atoms with Crippen molar-refractivity contribution in [2.24, 2.45) is 5.10 Å². The fraction of sp³-hybridized carbons (Fsp3) is 0.333. The van der Waals surface area contributed by atoms with E-state index in [-0.39, 0.29) is 0 Å². The van der Waals surface area contributed by atoms with E-state index >= 15 is 0 Å². The number of rotatable bonds is 2. The maximum atomic E-state index is 4.82. The molecule has 0 bridgehead atoms. The van der Waals surface area contributed by atoms with Gasteiger partial charge in [0, 0.05) is 13.1 Å². The molecular formula is C18H18N6S2. The highest BCUT2D eigenvalue weighted by atomic mass is 32.2. The van der Waals surface area contributed by atoms with E-state index in [1.54, 1.807) is 23.5 Å². The number of hydrogen-bond donors (Lipinski definition) is 0. The molecule has 0 saturated carbocycles. The van der Waals surface area contributed by atoms with Crippen LogP contribution in [-0.4, -0.2) is 45.2 Å². The number of imidazole rings is 1. The molecule has 132 valence electrons. The van der Waals surface area contributed by atoms with Crippen molar-refractivity contribution in [2.45, 2.75) is 34.6 Å². The summed E-state index contributed by atoms with van der Waals surface area (Å²) >= 11 is 3.15. The van der Waals surface area contributed by atoms with Crippen molar-refractivity contribution in [3.63, 3.8) is 0 Å². The number of nitrogens with zero attached hydrogens (tertiary/aromatic N) is 6. The van der Waals surface area contributed by atoms with E-state index in [1.807, 2.05) is 41.4 Å². The van der Waals surface area contributed by atoms with Crippen molar-refractivity contribution in [1.82, 2.24) is 19.6 Å². The molecule has 26 heavy (non-hydrogen) atoms. The van der Waals surface area contributed by atoms with Crippen LogP contribution in [0.4, 0.5) is 5.82 Å². The Morgan fingerprint density at radius 3 is 2.73 bits per heavy atom. The van der Waals surface area contributed by atoms with Gasteiger partial charge in [0.05, 0.1) is 22.8 Å². The van der Waals surface area contributed by atoms with Crippen molar-refractivity contribution in [1.29, 1.82) is 0 Å². The molecule has 0 amide bonds. The van der Waals surface area contributed by atoms with E-state index in [2.05, 4.69) is 4.90 Å². The molecule has 1 saturated heterocycles. The molecule has 2 aliphatic rings. The third kappa shape index (κ3) is 2.68. The second-order valence-corrected chi connectivity index (χ2v) is 8.07. The summed E-state index contributed by atoms with van der Waals surface area (Å²) in [5.74, 6) is 1.00. The van der Waals surface area contributed by atoms with E-state index in [1.165, 1.54) is 19.3 Å². The monoisotopic (exact) mass is 382 g/mol. The van der Waals surface area contributed by atoms with E-state index in [0.29, 0.717) is 0 Å². The van der Waals surface area contributed by atoms with E-state index < -0.39 is 0 Å². The molecule has 4 heterocycles. The van der Waals surface area contributed by atoms with Crippen LogP contribution >= 0.6 is 23.5 Å². The minimum absolute atomic E-state index is 0.801. The molecule has 0 unspecified atom stereocenters. The lowest BCUT2D eigenvalue weighted by Gasteiger charge is -2.29. The minimum atomic E-state index is 0.801. The summed E-state index contributed by atoms with van der Waals surface area (Å²) in [5, 5.41) is 7.30. The number of anilines is 1. The van der Waals surface area contributed by atoms with Crippen LogP contribution in [0.2, 0.25) is 0 Å². The Labute approximate surface area is 160 Å². The first-order chi connectivity index (χ1) is 12.8. The lowest BCUT2D eigenvalue weighted by molar-refractivity contribution is 0.569. The average molecular weight is 383 g/mol. The first kappa shape index (κ1) is 16.1. The molecule has 6 nitrogen and oxygen atoms in total. The van der Waals surface area contributed by atoms with Crippen molar-refractivity contribution in [3.8, 4) is 0 Å². The number of thioether (sulfide) groups is 1. The second-order valence-electron chi connectivity index (χ2n) is 6.34. The van der Waals surface area contributed by atoms with Crippen LogP contribution in [0, 0.1) is 0 Å². The Hall–Kier alpha value is -2.06. The van der Waals surface area contributed by atoms with Crippen LogP contribution in [-0.2, 0) is 0 Å². The number of hydrogen-bond acceptors (Lipinski definition) is 7. The van der Waals surface area contributed by atoms with Crippen LogP contribution in [0.3, 0.4) is 0 Å². The fourth-order valence-electron chi connectivity index (χ4n) is 3.42. The summed E-state index contributed by atoms with van der Waals surface area (Å²) in [7, 11) is 0. The molecule has 0 N–H and O–H groups in total. The molecule has 0 atom stereocenters. The highest BCUT2D eigenvalue weighted by Gasteiger charge is 2.24. The van der Waals surface area contributed by atoms with Crippen LogP contribution in [0.5, 0.6) is 0 Å². The van der Waals surface area contributed by atoms with Gasteiger partial charge >= 0.3 is 0 Å². The Bertz CT molecular complexity index is 1010.